The Morgan fingerprint density at radius 3 is 1.89 bits per heavy atom. The number of allylic oxidation sites excluding steroid dienone is 2. The van der Waals surface area contributed by atoms with Crippen LogP contribution >= 0.6 is 0 Å². The fourth-order valence-electron chi connectivity index (χ4n) is 15.5. The number of hydrogen-bond donors (Lipinski definition) is 12. The van der Waals surface area contributed by atoms with Gasteiger partial charge >= 0.3 is 0 Å². The maximum Gasteiger partial charge on any atom is 0.187 e. The zero-order valence-electron chi connectivity index (χ0n) is 43.4. The molecule has 27 atom stereocenters. The van der Waals surface area contributed by atoms with Crippen molar-refractivity contribution in [2.45, 2.75) is 235 Å². The number of carbonyl (C=O) groups excluding carboxylic acids is 1. The van der Waals surface area contributed by atoms with Gasteiger partial charge in [-0.25, -0.2) is 0 Å². The summed E-state index contributed by atoms with van der Waals surface area (Å²) in [4.78, 5) is 14.1. The fraction of sp³-hybridized carbons (Fsp3) is 0.942. The zero-order chi connectivity index (χ0) is 53.3. The molecule has 4 heterocycles. The summed E-state index contributed by atoms with van der Waals surface area (Å²) >= 11 is 0. The molecule has 8 aliphatic rings. The van der Waals surface area contributed by atoms with Crippen LogP contribution in [0.25, 0.3) is 0 Å². The predicted molar refractivity (Wildman–Crippen MR) is 253 cm³/mol. The molecule has 4 aliphatic heterocycles. The van der Waals surface area contributed by atoms with Gasteiger partial charge in [0, 0.05) is 5.41 Å². The molecule has 0 aromatic heterocycles. The van der Waals surface area contributed by atoms with E-state index < -0.39 is 146 Å². The predicted octanol–water partition coefficient (Wildman–Crippen LogP) is -0.716. The molecule has 21 heteroatoms. The molecule has 0 bridgehead atoms. The SMILES string of the molecule is CC(C)=CCC[C@@](C)(O[C@@H]1O[C@H](CO[C@@H]2OC[C@@H](O)[C@H](O)[C@H]2O)[C@@H](O)[C@H](O)[C@H]1O)[C@H]1CC[C@]2(C)[C@@H]1CC[C@@H]1[C@@]3(C=O)CC[C@H](O[C@@H]4OC[C@H](O)[C@H](O)[C@H]4O[C@@H]4O[C@H](CO)[C@@H](O)[C@H](O)[C@H]4O)C(C)(C)[C@@H]3CC[C@]12C. The lowest BCUT2D eigenvalue weighted by Crippen LogP contribution is -2.67. The summed E-state index contributed by atoms with van der Waals surface area (Å²) in [6.45, 7) is 13.3. The normalized spacial score (nSPS) is 51.7. The molecule has 0 amide bonds. The van der Waals surface area contributed by atoms with Crippen LogP contribution in [0.3, 0.4) is 0 Å². The number of aliphatic hydroxyl groups excluding tert-OH is 12. The minimum absolute atomic E-state index is 0.0106. The van der Waals surface area contributed by atoms with E-state index in [0.717, 1.165) is 37.7 Å². The van der Waals surface area contributed by atoms with Crippen LogP contribution in [-0.2, 0) is 42.7 Å². The summed E-state index contributed by atoms with van der Waals surface area (Å²) in [7, 11) is 0. The molecule has 0 unspecified atom stereocenters. The van der Waals surface area contributed by atoms with E-state index in [0.29, 0.717) is 32.1 Å². The van der Waals surface area contributed by atoms with Crippen LogP contribution in [0, 0.1) is 45.3 Å². The van der Waals surface area contributed by atoms with Crippen molar-refractivity contribution in [3.63, 3.8) is 0 Å². The first-order chi connectivity index (χ1) is 34.3. The van der Waals surface area contributed by atoms with Gasteiger partial charge in [0.2, 0.25) is 0 Å². The Morgan fingerprint density at radius 2 is 1.23 bits per heavy atom. The van der Waals surface area contributed by atoms with Gasteiger partial charge in [0.15, 0.2) is 25.2 Å². The van der Waals surface area contributed by atoms with Gasteiger partial charge in [0.25, 0.3) is 0 Å². The highest BCUT2D eigenvalue weighted by molar-refractivity contribution is 5.62. The molecule has 21 nitrogen and oxygen atoms in total. The molecular formula is C52H86O21. The highest BCUT2D eigenvalue weighted by Gasteiger charge is 2.71. The van der Waals surface area contributed by atoms with Crippen molar-refractivity contribution in [2.24, 2.45) is 45.3 Å². The Labute approximate surface area is 427 Å². The quantitative estimate of drug-likeness (QED) is 0.0547. The molecule has 73 heavy (non-hydrogen) atoms. The van der Waals surface area contributed by atoms with E-state index in [-0.39, 0.29) is 47.7 Å². The maximum atomic E-state index is 14.1. The fourth-order valence-corrected chi connectivity index (χ4v) is 15.5. The first-order valence-electron chi connectivity index (χ1n) is 26.6. The van der Waals surface area contributed by atoms with E-state index in [9.17, 15) is 66.1 Å². The van der Waals surface area contributed by atoms with E-state index in [2.05, 4.69) is 33.8 Å². The van der Waals surface area contributed by atoms with Crippen LogP contribution in [0.15, 0.2) is 11.6 Å². The molecule has 420 valence electrons. The third-order valence-electron chi connectivity index (χ3n) is 19.9. The van der Waals surface area contributed by atoms with E-state index in [4.69, 9.17) is 37.9 Å². The van der Waals surface area contributed by atoms with Crippen molar-refractivity contribution in [3.8, 4) is 0 Å². The molecule has 4 saturated carbocycles. The molecular weight excluding hydrogens is 961 g/mol. The average Bonchev–Trinajstić information content (AvgIpc) is 3.72. The van der Waals surface area contributed by atoms with Crippen molar-refractivity contribution >= 4 is 6.29 Å². The molecule has 12 N–H and O–H groups in total. The third-order valence-corrected chi connectivity index (χ3v) is 19.9. The molecule has 4 aliphatic carbocycles. The second-order valence-corrected chi connectivity index (χ2v) is 24.4. The van der Waals surface area contributed by atoms with Crippen molar-refractivity contribution in [1.82, 2.24) is 0 Å². The Hall–Kier alpha value is -1.39. The Bertz CT molecular complexity index is 1900. The summed E-state index contributed by atoms with van der Waals surface area (Å²) in [5, 5.41) is 128. The highest BCUT2D eigenvalue weighted by atomic mass is 16.8. The third kappa shape index (κ3) is 10.2. The van der Waals surface area contributed by atoms with Crippen LogP contribution in [0.4, 0.5) is 0 Å². The second-order valence-electron chi connectivity index (χ2n) is 24.4. The number of carbonyl (C=O) groups is 1. The van der Waals surface area contributed by atoms with Crippen LogP contribution in [0.5, 0.6) is 0 Å². The van der Waals surface area contributed by atoms with E-state index >= 15 is 0 Å². The second kappa shape index (κ2) is 22.0. The first-order valence-corrected chi connectivity index (χ1v) is 26.6. The van der Waals surface area contributed by atoms with Crippen LogP contribution in [0.2, 0.25) is 0 Å². The molecule has 0 aromatic rings. The van der Waals surface area contributed by atoms with Crippen molar-refractivity contribution in [1.29, 1.82) is 0 Å². The number of hydrogen-bond acceptors (Lipinski definition) is 21. The Morgan fingerprint density at radius 1 is 0.630 bits per heavy atom. The minimum atomic E-state index is -1.77. The van der Waals surface area contributed by atoms with E-state index in [1.54, 1.807) is 0 Å². The maximum absolute atomic E-state index is 14.1. The number of rotatable bonds is 15. The van der Waals surface area contributed by atoms with Crippen molar-refractivity contribution in [2.75, 3.05) is 26.4 Å². The minimum Gasteiger partial charge on any atom is -0.394 e. The van der Waals surface area contributed by atoms with Crippen LogP contribution in [-0.4, -0.2) is 216 Å². The monoisotopic (exact) mass is 1050 g/mol. The average molecular weight is 1050 g/mol. The standard InChI is InChI=1S/C52H86O21/c1-24(2)9-8-15-51(7,73-46-42(65)39(62)37(60)30(70-46)22-68-44-40(63)34(57)27(55)20-66-44)26-12-16-49(5)25(26)10-11-32-50(49,6)17-13-31-48(3,4)33(14-18-52(31,32)23-54)71-47-43(35(58)28(56)21-67-47)72-45-41(64)38(61)36(59)29(19-53)69-45/h9,23,25-47,53,55-65H,8,10-22H2,1-7H3/t25-,26+,27-,28+,29-,30-,31+,32+,33+,34+,35+,36-,37-,38+,39+,40-,41-,42-,43-,44+,45+,46+,47+,49-,50-,51-,52-/m1/s1. The number of ether oxygens (including phenoxy) is 8. The van der Waals surface area contributed by atoms with E-state index in [1.165, 1.54) is 6.29 Å². The lowest BCUT2D eigenvalue weighted by molar-refractivity contribution is -0.367. The summed E-state index contributed by atoms with van der Waals surface area (Å²) in [5.41, 5.74) is -1.66. The zero-order valence-corrected chi connectivity index (χ0v) is 43.4. The summed E-state index contributed by atoms with van der Waals surface area (Å²) in [6, 6.07) is 0. The molecule has 4 saturated heterocycles. The Kier molecular flexibility index (Phi) is 17.4. The van der Waals surface area contributed by atoms with Gasteiger partial charge in [-0.15, -0.1) is 0 Å². The lowest BCUT2D eigenvalue weighted by atomic mass is 9.35. The van der Waals surface area contributed by atoms with Gasteiger partial charge < -0.3 is 104 Å². The summed E-state index contributed by atoms with van der Waals surface area (Å²) in [6.07, 6.45) is -17.2. The largest absolute Gasteiger partial charge is 0.394 e. The van der Waals surface area contributed by atoms with Crippen LogP contribution < -0.4 is 0 Å². The number of fused-ring (bicyclic) bond motifs is 5. The highest BCUT2D eigenvalue weighted by Crippen LogP contribution is 2.76. The van der Waals surface area contributed by atoms with Gasteiger partial charge in [-0.3, -0.25) is 0 Å². The van der Waals surface area contributed by atoms with Gasteiger partial charge in [0.1, 0.15) is 91.7 Å². The van der Waals surface area contributed by atoms with Crippen LogP contribution in [0.1, 0.15) is 113 Å². The van der Waals surface area contributed by atoms with Crippen molar-refractivity contribution < 1.29 is 104 Å². The Balaban J connectivity index is 0.996. The lowest BCUT2D eigenvalue weighted by Gasteiger charge is -2.69. The van der Waals surface area contributed by atoms with Gasteiger partial charge in [-0.2, -0.15) is 0 Å². The molecule has 0 aromatic carbocycles. The van der Waals surface area contributed by atoms with Gasteiger partial charge in [-0.1, -0.05) is 39.3 Å². The number of aliphatic hydroxyl groups is 12. The topological polar surface area (TPSA) is 334 Å². The first kappa shape index (κ1) is 57.8. The van der Waals surface area contributed by atoms with E-state index in [1.807, 2.05) is 20.8 Å². The number of aldehydes is 1. The molecule has 8 rings (SSSR count). The van der Waals surface area contributed by atoms with Gasteiger partial charge in [-0.05, 0) is 125 Å². The summed E-state index contributed by atoms with van der Waals surface area (Å²) in [5.74, 6) is -0.0220. The molecule has 8 fully saturated rings. The van der Waals surface area contributed by atoms with Gasteiger partial charge in [0.05, 0.1) is 38.1 Å². The molecule has 0 spiro atoms. The molecule has 0 radical (unpaired) electrons. The summed E-state index contributed by atoms with van der Waals surface area (Å²) < 4.78 is 48.6. The van der Waals surface area contributed by atoms with Crippen molar-refractivity contribution in [3.05, 3.63) is 11.6 Å². The smallest absolute Gasteiger partial charge is 0.187 e.